The second kappa shape index (κ2) is 5.75. The number of aromatic hydroxyl groups is 1. The number of rotatable bonds is 4. The van der Waals surface area contributed by atoms with Gasteiger partial charge >= 0.3 is 0 Å². The number of anilines is 1. The van der Waals surface area contributed by atoms with Gasteiger partial charge in [-0.15, -0.1) is 0 Å². The Hall–Kier alpha value is -2.05. The van der Waals surface area contributed by atoms with Gasteiger partial charge in [0.15, 0.2) is 0 Å². The first-order chi connectivity index (χ1) is 9.80. The predicted molar refractivity (Wildman–Crippen MR) is 82.7 cm³/mol. The molecule has 0 aliphatic heterocycles. The second-order valence-corrected chi connectivity index (χ2v) is 6.43. The van der Waals surface area contributed by atoms with Crippen molar-refractivity contribution >= 4 is 15.7 Å². The number of sulfonamides is 1. The third-order valence-electron chi connectivity index (χ3n) is 3.37. The Kier molecular flexibility index (Phi) is 4.20. The largest absolute Gasteiger partial charge is 0.508 e. The number of phenolic OH excluding ortho intramolecular Hbond substituents is 1. The summed E-state index contributed by atoms with van der Waals surface area (Å²) in [7, 11) is -3.75. The smallest absolute Gasteiger partial charge is 0.238 e. The highest BCUT2D eigenvalue weighted by atomic mass is 32.2. The summed E-state index contributed by atoms with van der Waals surface area (Å²) in [5, 5.41) is 18.3. The zero-order valence-electron chi connectivity index (χ0n) is 11.9. The molecular formula is C15H18N2O3S. The van der Waals surface area contributed by atoms with Gasteiger partial charge < -0.3 is 10.4 Å². The number of benzene rings is 2. The summed E-state index contributed by atoms with van der Waals surface area (Å²) in [6, 6.07) is 11.7. The Morgan fingerprint density at radius 3 is 2.43 bits per heavy atom. The normalized spacial score (nSPS) is 12.9. The summed E-state index contributed by atoms with van der Waals surface area (Å²) >= 11 is 0. The molecule has 0 aromatic heterocycles. The van der Waals surface area contributed by atoms with E-state index in [9.17, 15) is 13.5 Å². The van der Waals surface area contributed by atoms with Crippen LogP contribution in [0.15, 0.2) is 47.4 Å². The number of para-hydroxylation sites is 1. The van der Waals surface area contributed by atoms with Crippen molar-refractivity contribution in [1.29, 1.82) is 0 Å². The summed E-state index contributed by atoms with van der Waals surface area (Å²) in [6.45, 7) is 3.58. The molecule has 1 unspecified atom stereocenters. The molecule has 0 bridgehead atoms. The van der Waals surface area contributed by atoms with Gasteiger partial charge in [-0.25, -0.2) is 13.6 Å². The lowest BCUT2D eigenvalue weighted by molar-refractivity contribution is 0.465. The van der Waals surface area contributed by atoms with Crippen LogP contribution in [0.4, 0.5) is 5.69 Å². The molecule has 2 aromatic rings. The third kappa shape index (κ3) is 3.34. The molecule has 5 nitrogen and oxygen atoms in total. The van der Waals surface area contributed by atoms with E-state index >= 15 is 0 Å². The predicted octanol–water partition coefficient (Wildman–Crippen LogP) is 2.52. The van der Waals surface area contributed by atoms with Crippen molar-refractivity contribution in [1.82, 2.24) is 0 Å². The van der Waals surface area contributed by atoms with Gasteiger partial charge in [-0.05, 0) is 37.6 Å². The Bertz CT molecular complexity index is 757. The maximum atomic E-state index is 11.5. The van der Waals surface area contributed by atoms with E-state index in [0.717, 1.165) is 5.56 Å². The fourth-order valence-corrected chi connectivity index (χ4v) is 3.05. The van der Waals surface area contributed by atoms with Crippen LogP contribution in [0.3, 0.4) is 0 Å². The highest BCUT2D eigenvalue weighted by molar-refractivity contribution is 7.89. The highest BCUT2D eigenvalue weighted by Crippen LogP contribution is 2.29. The maximum absolute atomic E-state index is 11.5. The van der Waals surface area contributed by atoms with Gasteiger partial charge in [0, 0.05) is 11.3 Å². The van der Waals surface area contributed by atoms with Crippen molar-refractivity contribution in [3.63, 3.8) is 0 Å². The Morgan fingerprint density at radius 1 is 1.14 bits per heavy atom. The monoisotopic (exact) mass is 306 g/mol. The molecule has 0 saturated heterocycles. The Labute approximate surface area is 124 Å². The third-order valence-corrected chi connectivity index (χ3v) is 4.42. The summed E-state index contributed by atoms with van der Waals surface area (Å²) < 4.78 is 23.1. The van der Waals surface area contributed by atoms with Gasteiger partial charge in [-0.1, -0.05) is 24.3 Å². The fourth-order valence-electron chi connectivity index (χ4n) is 2.24. The van der Waals surface area contributed by atoms with Gasteiger partial charge in [0.25, 0.3) is 0 Å². The molecule has 1 atom stereocenters. The zero-order chi connectivity index (χ0) is 15.6. The molecule has 0 spiro atoms. The van der Waals surface area contributed by atoms with Crippen molar-refractivity contribution in [2.75, 3.05) is 5.32 Å². The highest BCUT2D eigenvalue weighted by Gasteiger charge is 2.16. The lowest BCUT2D eigenvalue weighted by Gasteiger charge is -2.19. The molecule has 0 radical (unpaired) electrons. The van der Waals surface area contributed by atoms with Gasteiger partial charge in [-0.2, -0.15) is 0 Å². The van der Waals surface area contributed by atoms with Crippen LogP contribution in [-0.4, -0.2) is 13.5 Å². The van der Waals surface area contributed by atoms with Crippen LogP contribution in [0, 0.1) is 6.92 Å². The Balaban J connectivity index is 2.35. The van der Waals surface area contributed by atoms with Crippen LogP contribution in [0.2, 0.25) is 0 Å². The molecule has 0 fully saturated rings. The zero-order valence-corrected chi connectivity index (χ0v) is 12.7. The van der Waals surface area contributed by atoms with Gasteiger partial charge in [0.2, 0.25) is 10.0 Å². The fraction of sp³-hybridized carbons (Fsp3) is 0.200. The minimum atomic E-state index is -3.75. The SMILES string of the molecule is Cc1c(NC(C)c2ccccc2O)cccc1S(N)(=O)=O. The molecule has 2 rings (SSSR count). The number of nitrogens with one attached hydrogen (secondary N) is 1. The molecule has 0 saturated carbocycles. The van der Waals surface area contributed by atoms with Crippen LogP contribution in [0.25, 0.3) is 0 Å². The van der Waals surface area contributed by atoms with E-state index in [0.29, 0.717) is 11.3 Å². The molecule has 0 aliphatic carbocycles. The molecule has 0 amide bonds. The van der Waals surface area contributed by atoms with E-state index in [2.05, 4.69) is 5.32 Å². The molecule has 2 aromatic carbocycles. The molecule has 112 valence electrons. The second-order valence-electron chi connectivity index (χ2n) is 4.90. The minimum Gasteiger partial charge on any atom is -0.508 e. The van der Waals surface area contributed by atoms with E-state index in [1.807, 2.05) is 19.1 Å². The first-order valence-corrected chi connectivity index (χ1v) is 8.02. The lowest BCUT2D eigenvalue weighted by atomic mass is 10.1. The summed E-state index contributed by atoms with van der Waals surface area (Å²) in [6.07, 6.45) is 0. The average molecular weight is 306 g/mol. The van der Waals surface area contributed by atoms with Crippen molar-refractivity contribution in [3.05, 3.63) is 53.6 Å². The molecular weight excluding hydrogens is 288 g/mol. The number of hydrogen-bond acceptors (Lipinski definition) is 4. The van der Waals surface area contributed by atoms with Gasteiger partial charge in [0.1, 0.15) is 5.75 Å². The van der Waals surface area contributed by atoms with E-state index in [-0.39, 0.29) is 16.7 Å². The van der Waals surface area contributed by atoms with Crippen LogP contribution in [-0.2, 0) is 10.0 Å². The minimum absolute atomic E-state index is 0.0944. The molecule has 6 heteroatoms. The maximum Gasteiger partial charge on any atom is 0.238 e. The topological polar surface area (TPSA) is 92.4 Å². The van der Waals surface area contributed by atoms with Crippen molar-refractivity contribution in [2.24, 2.45) is 5.14 Å². The first kappa shape index (κ1) is 15.3. The standard InChI is InChI=1S/C15H18N2O3S/c1-10-13(7-5-9-15(10)21(16,19)20)17-11(2)12-6-3-4-8-14(12)18/h3-9,11,17-18H,1-2H3,(H2,16,19,20). The number of phenols is 1. The summed E-state index contributed by atoms with van der Waals surface area (Å²) in [4.78, 5) is 0.0944. The van der Waals surface area contributed by atoms with E-state index in [1.54, 1.807) is 31.2 Å². The Morgan fingerprint density at radius 2 is 1.81 bits per heavy atom. The van der Waals surface area contributed by atoms with Gasteiger partial charge in [-0.3, -0.25) is 0 Å². The quantitative estimate of drug-likeness (QED) is 0.809. The number of primary sulfonamides is 1. The van der Waals surface area contributed by atoms with E-state index < -0.39 is 10.0 Å². The van der Waals surface area contributed by atoms with Gasteiger partial charge in [0.05, 0.1) is 10.9 Å². The molecule has 0 heterocycles. The molecule has 21 heavy (non-hydrogen) atoms. The lowest BCUT2D eigenvalue weighted by Crippen LogP contribution is -2.15. The van der Waals surface area contributed by atoms with Crippen molar-refractivity contribution in [2.45, 2.75) is 24.8 Å². The summed E-state index contributed by atoms with van der Waals surface area (Å²) in [5.74, 6) is 0.192. The molecule has 4 N–H and O–H groups in total. The molecule has 0 aliphatic rings. The first-order valence-electron chi connectivity index (χ1n) is 6.47. The van der Waals surface area contributed by atoms with Crippen molar-refractivity contribution < 1.29 is 13.5 Å². The van der Waals surface area contributed by atoms with Crippen LogP contribution >= 0.6 is 0 Å². The van der Waals surface area contributed by atoms with Crippen LogP contribution < -0.4 is 10.5 Å². The van der Waals surface area contributed by atoms with E-state index in [1.165, 1.54) is 6.07 Å². The summed E-state index contributed by atoms with van der Waals surface area (Å²) in [5.41, 5.74) is 1.96. The van der Waals surface area contributed by atoms with Crippen molar-refractivity contribution in [3.8, 4) is 5.75 Å². The van der Waals surface area contributed by atoms with Crippen LogP contribution in [0.1, 0.15) is 24.1 Å². The number of hydrogen-bond donors (Lipinski definition) is 3. The van der Waals surface area contributed by atoms with Crippen LogP contribution in [0.5, 0.6) is 5.75 Å². The number of nitrogens with two attached hydrogens (primary N) is 1. The van der Waals surface area contributed by atoms with E-state index in [4.69, 9.17) is 5.14 Å². The average Bonchev–Trinajstić information content (AvgIpc) is 2.40.